The average Bonchev–Trinajstić information content (AvgIpc) is 3.42. The highest BCUT2D eigenvalue weighted by atomic mass is 32.2. The molecule has 1 saturated heterocycles. The van der Waals surface area contributed by atoms with Gasteiger partial charge in [0.15, 0.2) is 5.13 Å². The van der Waals surface area contributed by atoms with Gasteiger partial charge in [0, 0.05) is 29.1 Å². The van der Waals surface area contributed by atoms with Crippen LogP contribution >= 0.6 is 11.3 Å². The van der Waals surface area contributed by atoms with Crippen LogP contribution in [0.25, 0.3) is 11.3 Å². The van der Waals surface area contributed by atoms with E-state index in [4.69, 9.17) is 4.74 Å². The molecule has 1 aromatic heterocycles. The van der Waals surface area contributed by atoms with E-state index in [-0.39, 0.29) is 16.8 Å². The van der Waals surface area contributed by atoms with Gasteiger partial charge in [-0.05, 0) is 79.9 Å². The molecule has 7 nitrogen and oxygen atoms in total. The molecule has 1 unspecified atom stereocenters. The van der Waals surface area contributed by atoms with E-state index in [2.05, 4.69) is 10.3 Å². The lowest BCUT2D eigenvalue weighted by Crippen LogP contribution is -2.43. The monoisotopic (exact) mass is 547 g/mol. The SMILES string of the molecule is CCC1CCCCN1S(=O)(=O)c1ccc(C(=O)Nc2nc(-c3ccc(Oc4ccccc4)cc3)cs2)cc1. The second-order valence-corrected chi connectivity index (χ2v) is 11.9. The van der Waals surface area contributed by atoms with Gasteiger partial charge in [0.2, 0.25) is 10.0 Å². The molecule has 1 amide bonds. The van der Waals surface area contributed by atoms with Gasteiger partial charge in [-0.3, -0.25) is 10.1 Å². The Labute approximate surface area is 227 Å². The fourth-order valence-electron chi connectivity index (χ4n) is 4.56. The highest BCUT2D eigenvalue weighted by Crippen LogP contribution is 2.29. The third-order valence-corrected chi connectivity index (χ3v) is 9.34. The number of thiazole rings is 1. The molecule has 38 heavy (non-hydrogen) atoms. The molecule has 9 heteroatoms. The number of hydrogen-bond acceptors (Lipinski definition) is 6. The summed E-state index contributed by atoms with van der Waals surface area (Å²) in [7, 11) is -3.59. The van der Waals surface area contributed by atoms with Crippen molar-refractivity contribution >= 4 is 32.4 Å². The molecule has 0 aliphatic carbocycles. The van der Waals surface area contributed by atoms with Crippen LogP contribution in [0.5, 0.6) is 11.5 Å². The number of rotatable bonds is 8. The van der Waals surface area contributed by atoms with Gasteiger partial charge < -0.3 is 4.74 Å². The first kappa shape index (κ1) is 26.1. The van der Waals surface area contributed by atoms with E-state index in [9.17, 15) is 13.2 Å². The standard InChI is InChI=1S/C29H29N3O4S2/c1-2-23-8-6-7-19-32(23)38(34,35)26-17-13-22(14-18-26)28(33)31-29-30-27(20-37-29)21-11-15-25(16-12-21)36-24-9-4-3-5-10-24/h3-5,9-18,20,23H,2,6-8,19H2,1H3,(H,30,31,33). The van der Waals surface area contributed by atoms with Crippen LogP contribution in [-0.2, 0) is 10.0 Å². The van der Waals surface area contributed by atoms with Crippen LogP contribution in [0.4, 0.5) is 5.13 Å². The van der Waals surface area contributed by atoms with Crippen LogP contribution in [0.2, 0.25) is 0 Å². The van der Waals surface area contributed by atoms with Gasteiger partial charge >= 0.3 is 0 Å². The summed E-state index contributed by atoms with van der Waals surface area (Å²) in [6, 6.07) is 23.3. The number of carbonyl (C=O) groups is 1. The van der Waals surface area contributed by atoms with Crippen molar-refractivity contribution in [2.75, 3.05) is 11.9 Å². The van der Waals surface area contributed by atoms with E-state index in [0.29, 0.717) is 17.2 Å². The first-order valence-corrected chi connectivity index (χ1v) is 15.0. The third-order valence-electron chi connectivity index (χ3n) is 6.62. The van der Waals surface area contributed by atoms with E-state index in [0.717, 1.165) is 48.4 Å². The summed E-state index contributed by atoms with van der Waals surface area (Å²) in [5.74, 6) is 1.15. The number of ether oxygens (including phenoxy) is 1. The minimum atomic E-state index is -3.59. The number of anilines is 1. The molecule has 1 atom stereocenters. The Balaban J connectivity index is 1.23. The zero-order valence-electron chi connectivity index (χ0n) is 21.0. The zero-order valence-corrected chi connectivity index (χ0v) is 22.7. The first-order chi connectivity index (χ1) is 18.4. The van der Waals surface area contributed by atoms with Crippen molar-refractivity contribution in [2.24, 2.45) is 0 Å². The molecule has 0 spiro atoms. The molecule has 0 saturated carbocycles. The Hall–Kier alpha value is -3.53. The summed E-state index contributed by atoms with van der Waals surface area (Å²) < 4.78 is 33.8. The minimum Gasteiger partial charge on any atom is -0.457 e. The average molecular weight is 548 g/mol. The number of amides is 1. The summed E-state index contributed by atoms with van der Waals surface area (Å²) in [5, 5.41) is 5.15. The van der Waals surface area contributed by atoms with Gasteiger partial charge in [0.1, 0.15) is 11.5 Å². The van der Waals surface area contributed by atoms with Crippen LogP contribution in [0.1, 0.15) is 43.0 Å². The molecule has 4 aromatic rings. The predicted octanol–water partition coefficient (Wildman–Crippen LogP) is 6.81. The zero-order chi connectivity index (χ0) is 26.5. The summed E-state index contributed by atoms with van der Waals surface area (Å²) >= 11 is 1.33. The number of nitrogens with one attached hydrogen (secondary N) is 1. The van der Waals surface area contributed by atoms with Crippen molar-refractivity contribution in [1.82, 2.24) is 9.29 Å². The quantitative estimate of drug-likeness (QED) is 0.262. The van der Waals surface area contributed by atoms with Gasteiger partial charge in [-0.15, -0.1) is 11.3 Å². The molecule has 1 aliphatic heterocycles. The number of para-hydroxylation sites is 1. The Morgan fingerprint density at radius 1 is 1.00 bits per heavy atom. The fraction of sp³-hybridized carbons (Fsp3) is 0.241. The van der Waals surface area contributed by atoms with Gasteiger partial charge in [-0.1, -0.05) is 31.5 Å². The normalized spacial score (nSPS) is 16.2. The molecule has 1 aliphatic rings. The van der Waals surface area contributed by atoms with Gasteiger partial charge in [0.05, 0.1) is 10.6 Å². The Morgan fingerprint density at radius 3 is 2.42 bits per heavy atom. The Bertz CT molecular complexity index is 1490. The van der Waals surface area contributed by atoms with Gasteiger partial charge in [0.25, 0.3) is 5.91 Å². The first-order valence-electron chi connectivity index (χ1n) is 12.7. The largest absolute Gasteiger partial charge is 0.457 e. The fourth-order valence-corrected chi connectivity index (χ4v) is 7.05. The molecule has 0 bridgehead atoms. The maximum Gasteiger partial charge on any atom is 0.257 e. The lowest BCUT2D eigenvalue weighted by atomic mass is 10.0. The molecule has 2 heterocycles. The van der Waals surface area contributed by atoms with Crippen LogP contribution < -0.4 is 10.1 Å². The van der Waals surface area contributed by atoms with Crippen molar-refractivity contribution in [2.45, 2.75) is 43.5 Å². The molecule has 5 rings (SSSR count). The lowest BCUT2D eigenvalue weighted by molar-refractivity contribution is 0.102. The Morgan fingerprint density at radius 2 is 1.71 bits per heavy atom. The van der Waals surface area contributed by atoms with Crippen molar-refractivity contribution in [1.29, 1.82) is 0 Å². The highest BCUT2D eigenvalue weighted by Gasteiger charge is 2.32. The molecular weight excluding hydrogens is 518 g/mol. The number of aromatic nitrogens is 1. The Kier molecular flexibility index (Phi) is 7.87. The number of piperidine rings is 1. The van der Waals surface area contributed by atoms with Crippen LogP contribution in [0.15, 0.2) is 89.1 Å². The predicted molar refractivity (Wildman–Crippen MR) is 150 cm³/mol. The highest BCUT2D eigenvalue weighted by molar-refractivity contribution is 7.89. The van der Waals surface area contributed by atoms with E-state index in [1.54, 1.807) is 16.4 Å². The molecule has 0 radical (unpaired) electrons. The van der Waals surface area contributed by atoms with E-state index >= 15 is 0 Å². The minimum absolute atomic E-state index is 0.0309. The van der Waals surface area contributed by atoms with E-state index in [1.165, 1.54) is 23.5 Å². The number of nitrogens with zero attached hydrogens (tertiary/aromatic N) is 2. The second kappa shape index (κ2) is 11.5. The molecule has 196 valence electrons. The van der Waals surface area contributed by atoms with E-state index < -0.39 is 10.0 Å². The van der Waals surface area contributed by atoms with Crippen molar-refractivity contribution < 1.29 is 17.9 Å². The van der Waals surface area contributed by atoms with Gasteiger partial charge in [-0.2, -0.15) is 4.31 Å². The summed E-state index contributed by atoms with van der Waals surface area (Å²) in [5.41, 5.74) is 2.01. The van der Waals surface area contributed by atoms with E-state index in [1.807, 2.05) is 66.9 Å². The lowest BCUT2D eigenvalue weighted by Gasteiger charge is -2.34. The molecule has 1 fully saturated rings. The number of benzene rings is 3. The third kappa shape index (κ3) is 5.80. The van der Waals surface area contributed by atoms with Crippen LogP contribution in [0, 0.1) is 0 Å². The maximum absolute atomic E-state index is 13.2. The summed E-state index contributed by atoms with van der Waals surface area (Å²) in [4.78, 5) is 17.6. The summed E-state index contributed by atoms with van der Waals surface area (Å²) in [6.07, 6.45) is 3.60. The van der Waals surface area contributed by atoms with Crippen LogP contribution in [-0.4, -0.2) is 36.2 Å². The van der Waals surface area contributed by atoms with Crippen molar-refractivity contribution in [3.05, 3.63) is 89.8 Å². The summed E-state index contributed by atoms with van der Waals surface area (Å²) in [6.45, 7) is 2.56. The number of carbonyl (C=O) groups excluding carboxylic acids is 1. The molecular formula is C29H29N3O4S2. The molecule has 1 N–H and O–H groups in total. The smallest absolute Gasteiger partial charge is 0.257 e. The number of hydrogen-bond donors (Lipinski definition) is 1. The van der Waals surface area contributed by atoms with Gasteiger partial charge in [-0.25, -0.2) is 13.4 Å². The van der Waals surface area contributed by atoms with Crippen LogP contribution in [0.3, 0.4) is 0 Å². The topological polar surface area (TPSA) is 88.6 Å². The molecule has 3 aromatic carbocycles. The van der Waals surface area contributed by atoms with Crippen molar-refractivity contribution in [3.63, 3.8) is 0 Å². The number of sulfonamides is 1. The maximum atomic E-state index is 13.2. The second-order valence-electron chi connectivity index (χ2n) is 9.13. The van der Waals surface area contributed by atoms with Crippen molar-refractivity contribution in [3.8, 4) is 22.8 Å².